The zero-order chi connectivity index (χ0) is 15.0. The number of hydrogen-bond acceptors (Lipinski definition) is 3. The molecule has 2 amide bonds. The fourth-order valence-corrected chi connectivity index (χ4v) is 2.01. The molecule has 0 heterocycles. The highest BCUT2D eigenvalue weighted by molar-refractivity contribution is 5.89. The normalized spacial score (nSPS) is 12.2. The van der Waals surface area contributed by atoms with Gasteiger partial charge in [0, 0.05) is 12.8 Å². The lowest BCUT2D eigenvalue weighted by Crippen LogP contribution is -2.40. The molecule has 0 saturated carbocycles. The monoisotopic (exact) mass is 280 g/mol. The number of ether oxygens (including phenoxy) is 1. The Morgan fingerprint density at radius 3 is 2.75 bits per heavy atom. The van der Waals surface area contributed by atoms with E-state index in [1.807, 2.05) is 24.3 Å². The van der Waals surface area contributed by atoms with Gasteiger partial charge in [-0.3, -0.25) is 0 Å². The van der Waals surface area contributed by atoms with Crippen molar-refractivity contribution in [3.05, 3.63) is 29.8 Å². The number of carbonyl (C=O) groups is 1. The maximum absolute atomic E-state index is 11.9. The Labute approximate surface area is 120 Å². The highest BCUT2D eigenvalue weighted by Crippen LogP contribution is 2.11. The molecule has 1 unspecified atom stereocenters. The van der Waals surface area contributed by atoms with Crippen LogP contribution in [0, 0.1) is 5.92 Å². The Hall–Kier alpha value is -1.59. The molecule has 0 aliphatic rings. The summed E-state index contributed by atoms with van der Waals surface area (Å²) in [6, 6.07) is 6.94. The number of aliphatic hydroxyl groups excluding tert-OH is 1. The quantitative estimate of drug-likeness (QED) is 0.718. The van der Waals surface area contributed by atoms with E-state index < -0.39 is 0 Å². The van der Waals surface area contributed by atoms with Crippen LogP contribution in [-0.4, -0.2) is 30.9 Å². The third-order valence-corrected chi connectivity index (χ3v) is 2.81. The molecule has 0 saturated heterocycles. The number of anilines is 1. The second kappa shape index (κ2) is 8.55. The lowest BCUT2D eigenvalue weighted by Gasteiger charge is -2.18. The summed E-state index contributed by atoms with van der Waals surface area (Å²) in [4.78, 5) is 11.9. The molecular formula is C15H24N2O3. The van der Waals surface area contributed by atoms with Gasteiger partial charge in [0.15, 0.2) is 0 Å². The molecule has 0 spiro atoms. The van der Waals surface area contributed by atoms with Gasteiger partial charge in [-0.2, -0.15) is 0 Å². The molecule has 0 aliphatic carbocycles. The van der Waals surface area contributed by atoms with Crippen LogP contribution >= 0.6 is 0 Å². The summed E-state index contributed by atoms with van der Waals surface area (Å²) >= 11 is 0. The summed E-state index contributed by atoms with van der Waals surface area (Å²) in [5.74, 6) is 0.414. The molecule has 5 nitrogen and oxygen atoms in total. The van der Waals surface area contributed by atoms with Crippen molar-refractivity contribution in [1.29, 1.82) is 0 Å². The van der Waals surface area contributed by atoms with E-state index in [0.717, 1.165) is 12.0 Å². The van der Waals surface area contributed by atoms with E-state index in [4.69, 9.17) is 4.74 Å². The smallest absolute Gasteiger partial charge is 0.319 e. The van der Waals surface area contributed by atoms with Gasteiger partial charge >= 0.3 is 6.03 Å². The molecule has 0 aliphatic heterocycles. The molecule has 1 aromatic carbocycles. The summed E-state index contributed by atoms with van der Waals surface area (Å²) in [5, 5.41) is 14.8. The van der Waals surface area contributed by atoms with Crippen molar-refractivity contribution in [3.63, 3.8) is 0 Å². The number of benzene rings is 1. The first-order valence-electron chi connectivity index (χ1n) is 6.81. The first kappa shape index (κ1) is 16.5. The predicted octanol–water partition coefficient (Wildman–Crippen LogP) is 2.36. The van der Waals surface area contributed by atoms with Crippen molar-refractivity contribution in [2.75, 3.05) is 19.0 Å². The second-order valence-corrected chi connectivity index (χ2v) is 5.24. The molecule has 0 radical (unpaired) electrons. The summed E-state index contributed by atoms with van der Waals surface area (Å²) in [5.41, 5.74) is 1.70. The highest BCUT2D eigenvalue weighted by Gasteiger charge is 2.13. The molecule has 112 valence electrons. The Balaban J connectivity index is 2.54. The van der Waals surface area contributed by atoms with Crippen molar-refractivity contribution >= 4 is 11.7 Å². The summed E-state index contributed by atoms with van der Waals surface area (Å²) in [7, 11) is 1.63. The predicted molar refractivity (Wildman–Crippen MR) is 79.6 cm³/mol. The number of nitrogens with one attached hydrogen (secondary N) is 2. The van der Waals surface area contributed by atoms with E-state index in [0.29, 0.717) is 18.2 Å². The molecular weight excluding hydrogens is 256 g/mol. The minimum Gasteiger partial charge on any atom is -0.394 e. The van der Waals surface area contributed by atoms with Crippen LogP contribution in [0.2, 0.25) is 0 Å². The van der Waals surface area contributed by atoms with Crippen LogP contribution in [0.4, 0.5) is 10.5 Å². The van der Waals surface area contributed by atoms with Gasteiger partial charge in [0.25, 0.3) is 0 Å². The van der Waals surface area contributed by atoms with E-state index in [2.05, 4.69) is 24.5 Å². The topological polar surface area (TPSA) is 70.6 Å². The number of urea groups is 1. The maximum Gasteiger partial charge on any atom is 0.319 e. The molecule has 3 N–H and O–H groups in total. The van der Waals surface area contributed by atoms with Gasteiger partial charge in [0.1, 0.15) is 0 Å². The molecule has 0 bridgehead atoms. The molecule has 20 heavy (non-hydrogen) atoms. The van der Waals surface area contributed by atoms with Crippen LogP contribution in [0.15, 0.2) is 24.3 Å². The van der Waals surface area contributed by atoms with Crippen molar-refractivity contribution in [1.82, 2.24) is 5.32 Å². The lowest BCUT2D eigenvalue weighted by atomic mass is 10.0. The molecule has 0 fully saturated rings. The van der Waals surface area contributed by atoms with Crippen LogP contribution in [0.1, 0.15) is 25.8 Å². The molecule has 5 heteroatoms. The maximum atomic E-state index is 11.9. The summed E-state index contributed by atoms with van der Waals surface area (Å²) < 4.78 is 5.05. The van der Waals surface area contributed by atoms with Crippen LogP contribution < -0.4 is 10.6 Å². The van der Waals surface area contributed by atoms with Crippen LogP contribution in [0.3, 0.4) is 0 Å². The van der Waals surface area contributed by atoms with Gasteiger partial charge in [-0.05, 0) is 30.0 Å². The van der Waals surface area contributed by atoms with Gasteiger partial charge in [-0.15, -0.1) is 0 Å². The van der Waals surface area contributed by atoms with Crippen LogP contribution in [-0.2, 0) is 11.3 Å². The van der Waals surface area contributed by atoms with E-state index in [1.165, 1.54) is 0 Å². The van der Waals surface area contributed by atoms with Crippen molar-refractivity contribution in [2.24, 2.45) is 5.92 Å². The number of carbonyl (C=O) groups excluding carboxylic acids is 1. The fourth-order valence-electron chi connectivity index (χ4n) is 2.01. The van der Waals surface area contributed by atoms with Crippen LogP contribution in [0.5, 0.6) is 0 Å². The molecule has 1 rings (SSSR count). The number of hydrogen-bond donors (Lipinski definition) is 3. The fraction of sp³-hybridized carbons (Fsp3) is 0.533. The second-order valence-electron chi connectivity index (χ2n) is 5.24. The van der Waals surface area contributed by atoms with E-state index >= 15 is 0 Å². The average molecular weight is 280 g/mol. The zero-order valence-electron chi connectivity index (χ0n) is 12.3. The third kappa shape index (κ3) is 6.04. The number of methoxy groups -OCH3 is 1. The number of amides is 2. The van der Waals surface area contributed by atoms with Gasteiger partial charge in [0.2, 0.25) is 0 Å². The first-order valence-corrected chi connectivity index (χ1v) is 6.81. The first-order chi connectivity index (χ1) is 9.55. The van der Waals surface area contributed by atoms with Crippen molar-refractivity contribution in [3.8, 4) is 0 Å². The number of rotatable bonds is 7. The Kier molecular flexibility index (Phi) is 7.04. The van der Waals surface area contributed by atoms with Gasteiger partial charge in [-0.1, -0.05) is 26.0 Å². The Morgan fingerprint density at radius 2 is 2.15 bits per heavy atom. The standard InChI is InChI=1S/C15H24N2O3/c1-11(2)7-14(9-18)17-15(19)16-13-6-4-5-12(8-13)10-20-3/h4-6,8,11,14,18H,7,9-10H2,1-3H3,(H2,16,17,19). The van der Waals surface area contributed by atoms with Gasteiger partial charge in [-0.25, -0.2) is 4.79 Å². The third-order valence-electron chi connectivity index (χ3n) is 2.81. The van der Waals surface area contributed by atoms with Crippen LogP contribution in [0.25, 0.3) is 0 Å². The largest absolute Gasteiger partial charge is 0.394 e. The van der Waals surface area contributed by atoms with E-state index in [9.17, 15) is 9.90 Å². The zero-order valence-corrected chi connectivity index (χ0v) is 12.3. The molecule has 0 aromatic heterocycles. The molecule has 1 aromatic rings. The lowest BCUT2D eigenvalue weighted by molar-refractivity contribution is 0.185. The van der Waals surface area contributed by atoms with Crippen molar-refractivity contribution < 1.29 is 14.6 Å². The summed E-state index contributed by atoms with van der Waals surface area (Å²) in [6.45, 7) is 4.55. The Morgan fingerprint density at radius 1 is 1.40 bits per heavy atom. The Bertz CT molecular complexity index is 421. The molecule has 1 atom stereocenters. The van der Waals surface area contributed by atoms with E-state index in [-0.39, 0.29) is 18.7 Å². The average Bonchev–Trinajstić information content (AvgIpc) is 2.38. The van der Waals surface area contributed by atoms with Gasteiger partial charge in [0.05, 0.1) is 19.3 Å². The minimum atomic E-state index is -0.306. The van der Waals surface area contributed by atoms with Gasteiger partial charge < -0.3 is 20.5 Å². The SMILES string of the molecule is COCc1cccc(NC(=O)NC(CO)CC(C)C)c1. The number of aliphatic hydroxyl groups is 1. The minimum absolute atomic E-state index is 0.0602. The summed E-state index contributed by atoms with van der Waals surface area (Å²) in [6.07, 6.45) is 0.744. The van der Waals surface area contributed by atoms with E-state index in [1.54, 1.807) is 7.11 Å². The highest BCUT2D eigenvalue weighted by atomic mass is 16.5. The van der Waals surface area contributed by atoms with Crippen molar-refractivity contribution in [2.45, 2.75) is 32.9 Å².